The summed E-state index contributed by atoms with van der Waals surface area (Å²) in [5, 5.41) is 2.86. The van der Waals surface area contributed by atoms with Crippen molar-refractivity contribution in [3.8, 4) is 0 Å². The molecule has 0 saturated carbocycles. The number of nitrogens with one attached hydrogen (secondary N) is 2. The molecule has 1 aliphatic rings. The van der Waals surface area contributed by atoms with Crippen molar-refractivity contribution in [3.05, 3.63) is 24.0 Å². The Bertz CT molecular complexity index is 626. The largest absolute Gasteiger partial charge is 0.324 e. The van der Waals surface area contributed by atoms with E-state index in [-0.39, 0.29) is 22.8 Å². The Morgan fingerprint density at radius 1 is 1.26 bits per heavy atom. The third kappa shape index (κ3) is 2.86. The second-order valence-corrected chi connectivity index (χ2v) is 6.48. The lowest BCUT2D eigenvalue weighted by Crippen LogP contribution is -2.41. The van der Waals surface area contributed by atoms with Crippen molar-refractivity contribution in [2.75, 3.05) is 5.32 Å². The van der Waals surface area contributed by atoms with E-state index in [9.17, 15) is 12.8 Å². The van der Waals surface area contributed by atoms with Gasteiger partial charge in [0.1, 0.15) is 10.7 Å². The second-order valence-electron chi connectivity index (χ2n) is 4.83. The van der Waals surface area contributed by atoms with Crippen LogP contribution in [0.25, 0.3) is 0 Å². The molecule has 0 saturated heterocycles. The van der Waals surface area contributed by atoms with Crippen LogP contribution in [-0.4, -0.2) is 20.4 Å². The molecule has 2 N–H and O–H groups in total. The zero-order valence-electron chi connectivity index (χ0n) is 10.9. The van der Waals surface area contributed by atoms with Crippen LogP contribution in [0.2, 0.25) is 0 Å². The van der Waals surface area contributed by atoms with Gasteiger partial charge in [-0.25, -0.2) is 22.5 Å². The molecule has 1 atom stereocenters. The minimum atomic E-state index is -3.77. The molecule has 0 aliphatic carbocycles. The zero-order chi connectivity index (χ0) is 14.2. The summed E-state index contributed by atoms with van der Waals surface area (Å²) in [5.74, 6) is -0.143. The quantitative estimate of drug-likeness (QED) is 0.872. The van der Waals surface area contributed by atoms with Crippen LogP contribution in [0.5, 0.6) is 0 Å². The van der Waals surface area contributed by atoms with Crippen LogP contribution < -0.4 is 10.0 Å². The fourth-order valence-corrected chi connectivity index (χ4v) is 2.71. The van der Waals surface area contributed by atoms with Gasteiger partial charge in [0, 0.05) is 0 Å². The molecule has 0 bridgehead atoms. The van der Waals surface area contributed by atoms with Gasteiger partial charge in [0.25, 0.3) is 10.0 Å². The highest BCUT2D eigenvalue weighted by Gasteiger charge is 2.27. The van der Waals surface area contributed by atoms with Gasteiger partial charge < -0.3 is 5.32 Å². The van der Waals surface area contributed by atoms with E-state index in [4.69, 9.17) is 0 Å². The minimum Gasteiger partial charge on any atom is -0.324 e. The summed E-state index contributed by atoms with van der Waals surface area (Å²) in [5.41, 5.74) is 0.329. The molecule has 104 valence electrons. The average molecular weight is 285 g/mol. The van der Waals surface area contributed by atoms with Crippen LogP contribution in [-0.2, 0) is 10.0 Å². The van der Waals surface area contributed by atoms with Crippen LogP contribution in [0.3, 0.4) is 0 Å². The third-order valence-corrected chi connectivity index (χ3v) is 4.39. The van der Waals surface area contributed by atoms with Crippen molar-refractivity contribution < 1.29 is 12.8 Å². The van der Waals surface area contributed by atoms with Crippen molar-refractivity contribution in [1.29, 1.82) is 0 Å². The van der Waals surface area contributed by atoms with Crippen LogP contribution in [0.1, 0.15) is 20.8 Å². The highest BCUT2D eigenvalue weighted by atomic mass is 32.2. The summed E-state index contributed by atoms with van der Waals surface area (Å²) in [6, 6.07) is 3.54. The summed E-state index contributed by atoms with van der Waals surface area (Å²) >= 11 is 0. The van der Waals surface area contributed by atoms with Gasteiger partial charge in [0.15, 0.2) is 0 Å². The van der Waals surface area contributed by atoms with E-state index >= 15 is 0 Å². The average Bonchev–Trinajstić information content (AvgIpc) is 2.29. The first-order valence-electron chi connectivity index (χ1n) is 5.97. The smallest absolute Gasteiger partial charge is 0.266 e. The van der Waals surface area contributed by atoms with Crippen LogP contribution in [0, 0.1) is 11.7 Å². The maximum absolute atomic E-state index is 13.1. The molecule has 1 aromatic rings. The summed E-state index contributed by atoms with van der Waals surface area (Å²) in [7, 11) is -3.77. The third-order valence-electron chi connectivity index (χ3n) is 3.01. The number of guanidine groups is 1. The number of hydrogen-bond donors (Lipinski definition) is 2. The lowest BCUT2D eigenvalue weighted by atomic mass is 10.1. The molecule has 2 rings (SSSR count). The van der Waals surface area contributed by atoms with Crippen molar-refractivity contribution in [2.24, 2.45) is 10.9 Å². The number of rotatable bonds is 2. The van der Waals surface area contributed by atoms with E-state index in [1.165, 1.54) is 12.1 Å². The Labute approximate surface area is 112 Å². The molecule has 0 radical (unpaired) electrons. The predicted octanol–water partition coefficient (Wildman–Crippen LogP) is 1.93. The normalized spacial score (nSPS) is 20.6. The molecule has 1 aromatic carbocycles. The first-order chi connectivity index (χ1) is 8.79. The highest BCUT2D eigenvalue weighted by molar-refractivity contribution is 7.90. The molecule has 0 fully saturated rings. The number of anilines is 1. The minimum absolute atomic E-state index is 0.0350. The monoisotopic (exact) mass is 285 g/mol. The second kappa shape index (κ2) is 4.80. The van der Waals surface area contributed by atoms with Crippen LogP contribution >= 0.6 is 0 Å². The Kier molecular flexibility index (Phi) is 3.49. The van der Waals surface area contributed by atoms with E-state index in [0.29, 0.717) is 5.69 Å². The topological polar surface area (TPSA) is 70.6 Å². The van der Waals surface area contributed by atoms with Gasteiger partial charge >= 0.3 is 0 Å². The van der Waals surface area contributed by atoms with E-state index in [1.54, 1.807) is 0 Å². The van der Waals surface area contributed by atoms with Gasteiger partial charge in [0.2, 0.25) is 5.96 Å². The molecular formula is C12H16FN3O2S. The van der Waals surface area contributed by atoms with Gasteiger partial charge in [-0.1, -0.05) is 13.8 Å². The predicted molar refractivity (Wildman–Crippen MR) is 72.1 cm³/mol. The van der Waals surface area contributed by atoms with Crippen molar-refractivity contribution in [3.63, 3.8) is 0 Å². The van der Waals surface area contributed by atoms with Gasteiger partial charge in [-0.15, -0.1) is 0 Å². The lowest BCUT2D eigenvalue weighted by Gasteiger charge is -2.23. The molecule has 19 heavy (non-hydrogen) atoms. The van der Waals surface area contributed by atoms with E-state index in [0.717, 1.165) is 6.07 Å². The van der Waals surface area contributed by atoms with Crippen LogP contribution in [0.4, 0.5) is 10.1 Å². The van der Waals surface area contributed by atoms with E-state index < -0.39 is 15.8 Å². The molecule has 0 spiro atoms. The first-order valence-corrected chi connectivity index (χ1v) is 7.45. The van der Waals surface area contributed by atoms with E-state index in [2.05, 4.69) is 15.0 Å². The Balaban J connectivity index is 2.42. The molecule has 0 aromatic heterocycles. The number of halogens is 1. The summed E-state index contributed by atoms with van der Waals surface area (Å²) < 4.78 is 39.4. The summed E-state index contributed by atoms with van der Waals surface area (Å²) in [4.78, 5) is 4.17. The summed E-state index contributed by atoms with van der Waals surface area (Å²) in [6.07, 6.45) is 0. The van der Waals surface area contributed by atoms with Gasteiger partial charge in [-0.3, -0.25) is 0 Å². The molecular weight excluding hydrogens is 269 g/mol. The molecule has 1 unspecified atom stereocenters. The molecule has 7 heteroatoms. The molecule has 1 aliphatic heterocycles. The number of benzene rings is 1. The Morgan fingerprint density at radius 3 is 2.58 bits per heavy atom. The number of fused-ring (bicyclic) bond motifs is 1. The molecule has 5 nitrogen and oxygen atoms in total. The van der Waals surface area contributed by atoms with Crippen molar-refractivity contribution in [2.45, 2.75) is 31.7 Å². The van der Waals surface area contributed by atoms with Crippen molar-refractivity contribution >= 4 is 21.7 Å². The number of hydrogen-bond acceptors (Lipinski definition) is 3. The number of aliphatic imine (C=N–C) groups is 1. The fourth-order valence-electron chi connectivity index (χ4n) is 1.57. The lowest BCUT2D eigenvalue weighted by molar-refractivity contribution is 0.529. The Morgan fingerprint density at radius 2 is 1.95 bits per heavy atom. The zero-order valence-corrected chi connectivity index (χ0v) is 11.8. The first kappa shape index (κ1) is 13.8. The molecule has 0 amide bonds. The summed E-state index contributed by atoms with van der Waals surface area (Å²) in [6.45, 7) is 5.89. The van der Waals surface area contributed by atoms with Gasteiger partial charge in [-0.05, 0) is 31.0 Å². The maximum atomic E-state index is 13.1. The van der Waals surface area contributed by atoms with Gasteiger partial charge in [0.05, 0.1) is 11.7 Å². The highest BCUT2D eigenvalue weighted by Crippen LogP contribution is 2.25. The number of sulfonamides is 1. The standard InChI is InChI=1S/C12H16FN3O2S/c1-7(2)8(3)14-12-15-10-5-4-9(13)6-11(10)19(17,18)16-12/h4-8H,1-3H3,(H2,14,15,16). The number of nitrogens with zero attached hydrogens (tertiary/aromatic N) is 1. The van der Waals surface area contributed by atoms with Crippen LogP contribution in [0.15, 0.2) is 28.1 Å². The van der Waals surface area contributed by atoms with Crippen molar-refractivity contribution in [1.82, 2.24) is 4.72 Å². The Hall–Kier alpha value is -1.63. The van der Waals surface area contributed by atoms with Gasteiger partial charge in [-0.2, -0.15) is 0 Å². The molecule has 1 heterocycles. The fraction of sp³-hybridized carbons (Fsp3) is 0.417. The SMILES string of the molecule is CC(C)C(C)N=C1Nc2ccc(F)cc2S(=O)(=O)N1. The van der Waals surface area contributed by atoms with E-state index in [1.807, 2.05) is 20.8 Å². The maximum Gasteiger partial charge on any atom is 0.266 e.